The summed E-state index contributed by atoms with van der Waals surface area (Å²) in [6, 6.07) is 7.80. The molecule has 148 valence electrons. The molecule has 1 aliphatic rings. The summed E-state index contributed by atoms with van der Waals surface area (Å²) in [5.74, 6) is -0.608. The van der Waals surface area contributed by atoms with Crippen LogP contribution in [-0.4, -0.2) is 37.3 Å². The number of ketones is 1. The van der Waals surface area contributed by atoms with Gasteiger partial charge in [0, 0.05) is 24.1 Å². The second-order valence-electron chi connectivity index (χ2n) is 6.92. The van der Waals surface area contributed by atoms with E-state index in [4.69, 9.17) is 11.6 Å². The minimum atomic E-state index is -0.592. The van der Waals surface area contributed by atoms with Gasteiger partial charge in [0.15, 0.2) is 5.78 Å². The van der Waals surface area contributed by atoms with Crippen LogP contribution in [-0.2, 0) is 11.8 Å². The Kier molecular flexibility index (Phi) is 5.02. The summed E-state index contributed by atoms with van der Waals surface area (Å²) in [6.45, 7) is 0. The van der Waals surface area contributed by atoms with Crippen LogP contribution in [0.1, 0.15) is 29.6 Å². The molecule has 1 N–H and O–H groups in total. The summed E-state index contributed by atoms with van der Waals surface area (Å²) in [5.41, 5.74) is 0.873. The molecule has 1 fully saturated rings. The fraction of sp³-hybridized carbons (Fsp3) is 0.250. The van der Waals surface area contributed by atoms with Crippen molar-refractivity contribution in [3.05, 3.63) is 63.7 Å². The predicted molar refractivity (Wildman–Crippen MR) is 107 cm³/mol. The van der Waals surface area contributed by atoms with Crippen molar-refractivity contribution in [1.29, 1.82) is 0 Å². The molecule has 0 radical (unpaired) electrons. The van der Waals surface area contributed by atoms with Gasteiger partial charge in [0.25, 0.3) is 11.5 Å². The van der Waals surface area contributed by atoms with Gasteiger partial charge >= 0.3 is 0 Å². The van der Waals surface area contributed by atoms with E-state index in [0.29, 0.717) is 34.8 Å². The first-order valence-electron chi connectivity index (χ1n) is 9.15. The van der Waals surface area contributed by atoms with Crippen LogP contribution in [0.4, 0.5) is 0 Å². The Morgan fingerprint density at radius 1 is 1.24 bits per heavy atom. The van der Waals surface area contributed by atoms with Gasteiger partial charge in [0.1, 0.15) is 11.3 Å². The SMILES string of the molecule is Cn1cc(-n2nc(-c3ccc(Cl)cc3)cc(C(=O)N[C@H]3CCCC3=O)c2=O)cn1. The van der Waals surface area contributed by atoms with E-state index in [2.05, 4.69) is 15.5 Å². The molecule has 1 aliphatic carbocycles. The number of benzene rings is 1. The molecule has 0 unspecified atom stereocenters. The maximum absolute atomic E-state index is 13.0. The lowest BCUT2D eigenvalue weighted by Crippen LogP contribution is -2.41. The first-order chi connectivity index (χ1) is 13.9. The third kappa shape index (κ3) is 3.84. The number of rotatable bonds is 4. The van der Waals surface area contributed by atoms with Gasteiger partial charge < -0.3 is 5.32 Å². The molecule has 2 heterocycles. The molecule has 0 bridgehead atoms. The van der Waals surface area contributed by atoms with Crippen LogP contribution in [0.15, 0.2) is 47.5 Å². The molecule has 0 saturated heterocycles. The Balaban J connectivity index is 1.81. The van der Waals surface area contributed by atoms with Crippen LogP contribution < -0.4 is 10.9 Å². The monoisotopic (exact) mass is 411 g/mol. The maximum atomic E-state index is 13.0. The molecule has 1 amide bonds. The topological polar surface area (TPSA) is 98.9 Å². The number of Topliss-reactive ketones (excluding diaryl/α,β-unsaturated/α-hetero) is 1. The molecular formula is C20H18ClN5O3. The number of aryl methyl sites for hydroxylation is 1. The molecule has 8 nitrogen and oxygen atoms in total. The second-order valence-corrected chi connectivity index (χ2v) is 7.36. The predicted octanol–water partition coefficient (Wildman–Crippen LogP) is 2.14. The van der Waals surface area contributed by atoms with Crippen molar-refractivity contribution >= 4 is 23.3 Å². The summed E-state index contributed by atoms with van der Waals surface area (Å²) in [6.07, 6.45) is 4.87. The molecule has 1 atom stereocenters. The molecule has 29 heavy (non-hydrogen) atoms. The van der Waals surface area contributed by atoms with Crippen molar-refractivity contribution in [2.45, 2.75) is 25.3 Å². The first kappa shape index (κ1) is 19.1. The molecular weight excluding hydrogens is 394 g/mol. The van der Waals surface area contributed by atoms with Crippen LogP contribution >= 0.6 is 11.6 Å². The quantitative estimate of drug-likeness (QED) is 0.709. The average molecular weight is 412 g/mol. The average Bonchev–Trinajstić information content (AvgIpc) is 3.31. The third-order valence-corrected chi connectivity index (χ3v) is 5.09. The highest BCUT2D eigenvalue weighted by atomic mass is 35.5. The summed E-state index contributed by atoms with van der Waals surface area (Å²) in [7, 11) is 1.72. The molecule has 4 rings (SSSR count). The number of carbonyl (C=O) groups excluding carboxylic acids is 2. The number of halogens is 1. The Morgan fingerprint density at radius 2 is 2.00 bits per heavy atom. The van der Waals surface area contributed by atoms with Gasteiger partial charge in [0.2, 0.25) is 0 Å². The summed E-state index contributed by atoms with van der Waals surface area (Å²) >= 11 is 5.96. The van der Waals surface area contributed by atoms with Crippen molar-refractivity contribution in [3.8, 4) is 16.9 Å². The maximum Gasteiger partial charge on any atom is 0.284 e. The minimum absolute atomic E-state index is 0.0158. The summed E-state index contributed by atoms with van der Waals surface area (Å²) in [4.78, 5) is 37.8. The Hall–Kier alpha value is -3.26. The van der Waals surface area contributed by atoms with Crippen LogP contribution in [0, 0.1) is 0 Å². The lowest BCUT2D eigenvalue weighted by atomic mass is 10.1. The molecule has 0 spiro atoms. The van der Waals surface area contributed by atoms with Gasteiger partial charge in [-0.2, -0.15) is 14.9 Å². The number of carbonyl (C=O) groups is 2. The molecule has 2 aromatic heterocycles. The molecule has 1 saturated carbocycles. The van der Waals surface area contributed by atoms with E-state index in [-0.39, 0.29) is 11.3 Å². The van der Waals surface area contributed by atoms with Gasteiger partial charge in [0.05, 0.1) is 24.1 Å². The highest BCUT2D eigenvalue weighted by Gasteiger charge is 2.28. The van der Waals surface area contributed by atoms with Crippen molar-refractivity contribution in [2.75, 3.05) is 0 Å². The number of aromatic nitrogens is 4. The zero-order chi connectivity index (χ0) is 20.5. The van der Waals surface area contributed by atoms with Gasteiger partial charge in [-0.3, -0.25) is 19.1 Å². The normalized spacial score (nSPS) is 16.2. The fourth-order valence-electron chi connectivity index (χ4n) is 3.32. The Bertz CT molecular complexity index is 1150. The molecule has 1 aromatic carbocycles. The first-order valence-corrected chi connectivity index (χ1v) is 9.53. The standard InChI is InChI=1S/C20H18ClN5O3/c1-25-11-14(10-22-25)26-20(29)15(19(28)23-16-3-2-4-18(16)27)9-17(24-26)12-5-7-13(21)8-6-12/h5-11,16H,2-4H2,1H3,(H,23,28)/t16-/m0/s1. The van der Waals surface area contributed by atoms with Gasteiger partial charge in [-0.05, 0) is 31.0 Å². The number of nitrogens with one attached hydrogen (secondary N) is 1. The largest absolute Gasteiger partial charge is 0.342 e. The lowest BCUT2D eigenvalue weighted by Gasteiger charge is -2.13. The van der Waals surface area contributed by atoms with Crippen LogP contribution in [0.3, 0.4) is 0 Å². The van der Waals surface area contributed by atoms with Crippen molar-refractivity contribution in [2.24, 2.45) is 7.05 Å². The minimum Gasteiger partial charge on any atom is -0.342 e. The van der Waals surface area contributed by atoms with Gasteiger partial charge in [-0.1, -0.05) is 23.7 Å². The smallest absolute Gasteiger partial charge is 0.284 e. The van der Waals surface area contributed by atoms with Crippen LogP contribution in [0.25, 0.3) is 16.9 Å². The van der Waals surface area contributed by atoms with E-state index >= 15 is 0 Å². The zero-order valence-corrected chi connectivity index (χ0v) is 16.4. The van der Waals surface area contributed by atoms with E-state index in [1.807, 2.05) is 0 Å². The van der Waals surface area contributed by atoms with Crippen LogP contribution in [0.5, 0.6) is 0 Å². The Labute approximate surface area is 171 Å². The highest BCUT2D eigenvalue weighted by Crippen LogP contribution is 2.21. The molecule has 0 aliphatic heterocycles. The number of amides is 1. The molecule has 9 heteroatoms. The number of nitrogens with zero attached hydrogens (tertiary/aromatic N) is 4. The van der Waals surface area contributed by atoms with Gasteiger partial charge in [-0.15, -0.1) is 0 Å². The lowest BCUT2D eigenvalue weighted by molar-refractivity contribution is -0.118. The number of hydrogen-bond acceptors (Lipinski definition) is 5. The highest BCUT2D eigenvalue weighted by molar-refractivity contribution is 6.30. The van der Waals surface area contributed by atoms with E-state index in [0.717, 1.165) is 11.1 Å². The van der Waals surface area contributed by atoms with Crippen molar-refractivity contribution in [3.63, 3.8) is 0 Å². The third-order valence-electron chi connectivity index (χ3n) is 4.84. The van der Waals surface area contributed by atoms with E-state index in [1.54, 1.807) is 37.5 Å². The zero-order valence-electron chi connectivity index (χ0n) is 15.6. The number of hydrogen-bond donors (Lipinski definition) is 1. The van der Waals surface area contributed by atoms with Crippen molar-refractivity contribution in [1.82, 2.24) is 24.9 Å². The van der Waals surface area contributed by atoms with Gasteiger partial charge in [-0.25, -0.2) is 0 Å². The van der Waals surface area contributed by atoms with Crippen LogP contribution in [0.2, 0.25) is 5.02 Å². The second kappa shape index (κ2) is 7.63. The van der Waals surface area contributed by atoms with Crippen molar-refractivity contribution < 1.29 is 9.59 Å². The van der Waals surface area contributed by atoms with E-state index in [1.165, 1.54) is 16.9 Å². The molecule has 3 aromatic rings. The van der Waals surface area contributed by atoms with E-state index in [9.17, 15) is 14.4 Å². The fourth-order valence-corrected chi connectivity index (χ4v) is 3.44. The summed E-state index contributed by atoms with van der Waals surface area (Å²) in [5, 5.41) is 11.7. The Morgan fingerprint density at radius 3 is 2.62 bits per heavy atom. The van der Waals surface area contributed by atoms with E-state index < -0.39 is 17.5 Å². The summed E-state index contributed by atoms with van der Waals surface area (Å²) < 4.78 is 2.68.